The van der Waals surface area contributed by atoms with Crippen LogP contribution in [0, 0.1) is 12.8 Å². The molecule has 144 valence electrons. The molecule has 0 saturated carbocycles. The predicted molar refractivity (Wildman–Crippen MR) is 103 cm³/mol. The summed E-state index contributed by atoms with van der Waals surface area (Å²) < 4.78 is 12.0. The second-order valence-electron chi connectivity index (χ2n) is 8.03. The molecule has 1 spiro atoms. The number of piperidine rings is 1. The number of ether oxygens (including phenoxy) is 2. The maximum Gasteiger partial charge on any atom is 0.255 e. The Bertz CT molecular complexity index is 636. The Morgan fingerprint density at radius 2 is 2.27 bits per heavy atom. The van der Waals surface area contributed by atoms with Gasteiger partial charge in [0.05, 0.1) is 11.7 Å². The van der Waals surface area contributed by atoms with Crippen LogP contribution in [0.3, 0.4) is 0 Å². The van der Waals surface area contributed by atoms with Gasteiger partial charge < -0.3 is 19.7 Å². The van der Waals surface area contributed by atoms with Gasteiger partial charge in [0.15, 0.2) is 0 Å². The molecule has 5 heteroatoms. The number of nitrogens with zero attached hydrogens (tertiary/aromatic N) is 1. The third-order valence-corrected chi connectivity index (χ3v) is 5.55. The summed E-state index contributed by atoms with van der Waals surface area (Å²) in [5.74, 6) is 1.54. The molecule has 2 unspecified atom stereocenters. The summed E-state index contributed by atoms with van der Waals surface area (Å²) in [5, 5.41) is 3.51. The normalized spacial score (nSPS) is 26.3. The Morgan fingerprint density at radius 1 is 1.46 bits per heavy atom. The average molecular weight is 360 g/mol. The van der Waals surface area contributed by atoms with Gasteiger partial charge in [0.25, 0.3) is 5.91 Å². The van der Waals surface area contributed by atoms with E-state index in [-0.39, 0.29) is 17.6 Å². The number of amides is 1. The Kier molecular flexibility index (Phi) is 5.88. The quantitative estimate of drug-likeness (QED) is 0.894. The molecule has 0 radical (unpaired) electrons. The van der Waals surface area contributed by atoms with Crippen LogP contribution in [-0.2, 0) is 4.74 Å². The highest BCUT2D eigenvalue weighted by atomic mass is 16.5. The molecule has 5 nitrogen and oxygen atoms in total. The van der Waals surface area contributed by atoms with E-state index in [9.17, 15) is 4.79 Å². The van der Waals surface area contributed by atoms with Crippen molar-refractivity contribution in [3.05, 3.63) is 29.3 Å². The van der Waals surface area contributed by atoms with Gasteiger partial charge >= 0.3 is 0 Å². The molecule has 0 aliphatic carbocycles. The maximum atomic E-state index is 12.9. The Morgan fingerprint density at radius 3 is 2.88 bits per heavy atom. The summed E-state index contributed by atoms with van der Waals surface area (Å²) in [6, 6.07) is 5.66. The first-order valence-electron chi connectivity index (χ1n) is 9.84. The van der Waals surface area contributed by atoms with Crippen LogP contribution >= 0.6 is 0 Å². The molecule has 1 aromatic carbocycles. The van der Waals surface area contributed by atoms with E-state index in [2.05, 4.69) is 12.2 Å². The van der Waals surface area contributed by atoms with Gasteiger partial charge in [-0.2, -0.15) is 0 Å². The lowest BCUT2D eigenvalue weighted by Crippen LogP contribution is -2.57. The second-order valence-corrected chi connectivity index (χ2v) is 8.03. The van der Waals surface area contributed by atoms with Crippen molar-refractivity contribution < 1.29 is 14.3 Å². The van der Waals surface area contributed by atoms with Gasteiger partial charge in [0.1, 0.15) is 12.5 Å². The monoisotopic (exact) mass is 360 g/mol. The largest absolute Gasteiger partial charge is 0.491 e. The highest BCUT2D eigenvalue weighted by molar-refractivity contribution is 5.94. The van der Waals surface area contributed by atoms with Crippen LogP contribution in [0.4, 0.5) is 0 Å². The van der Waals surface area contributed by atoms with Crippen LogP contribution in [0.15, 0.2) is 18.2 Å². The van der Waals surface area contributed by atoms with Crippen molar-refractivity contribution in [1.29, 1.82) is 0 Å². The molecule has 26 heavy (non-hydrogen) atoms. The zero-order chi connectivity index (χ0) is 18.7. The minimum Gasteiger partial charge on any atom is -0.491 e. The fourth-order valence-corrected chi connectivity index (χ4v) is 3.97. The summed E-state index contributed by atoms with van der Waals surface area (Å²) in [4.78, 5) is 14.7. The molecule has 2 saturated heterocycles. The molecule has 0 aromatic heterocycles. The average Bonchev–Trinajstić information content (AvgIpc) is 2.63. The number of carbonyl (C=O) groups excluding carboxylic acids is 1. The minimum absolute atomic E-state index is 0.0369. The van der Waals surface area contributed by atoms with Gasteiger partial charge in [-0.1, -0.05) is 13.3 Å². The summed E-state index contributed by atoms with van der Waals surface area (Å²) in [6.07, 6.45) is 3.29. The number of carbonyl (C=O) groups is 1. The second kappa shape index (κ2) is 7.97. The lowest BCUT2D eigenvalue weighted by molar-refractivity contribution is -0.142. The third-order valence-electron chi connectivity index (χ3n) is 5.55. The Balaban J connectivity index is 1.62. The van der Waals surface area contributed by atoms with E-state index >= 15 is 0 Å². The van der Waals surface area contributed by atoms with Gasteiger partial charge in [-0.15, -0.1) is 0 Å². The van der Waals surface area contributed by atoms with E-state index in [4.69, 9.17) is 9.47 Å². The standard InChI is InChI=1S/C21H32N2O3/c1-5-17-11-21(13-22-12-17)8-9-23(14-25-21)20(24)18-6-7-19(16(4)10-18)26-15(2)3/h6-7,10,15,17,22H,5,8-9,11-14H2,1-4H3. The first-order chi connectivity index (χ1) is 12.4. The summed E-state index contributed by atoms with van der Waals surface area (Å²) in [6.45, 7) is 11.3. The number of nitrogens with one attached hydrogen (secondary N) is 1. The fraction of sp³-hybridized carbons (Fsp3) is 0.667. The predicted octanol–water partition coefficient (Wildman–Crippen LogP) is 3.36. The van der Waals surface area contributed by atoms with Crippen molar-refractivity contribution >= 4 is 5.91 Å². The highest BCUT2D eigenvalue weighted by Crippen LogP contribution is 2.33. The number of hydrogen-bond donors (Lipinski definition) is 1. The topological polar surface area (TPSA) is 50.8 Å². The number of aryl methyl sites for hydroxylation is 1. The Labute approximate surface area is 157 Å². The summed E-state index contributed by atoms with van der Waals surface area (Å²) >= 11 is 0. The minimum atomic E-state index is -0.0966. The van der Waals surface area contributed by atoms with Crippen LogP contribution in [0.1, 0.15) is 56.0 Å². The molecule has 2 atom stereocenters. The van der Waals surface area contributed by atoms with Crippen LogP contribution in [0.5, 0.6) is 5.75 Å². The molecule has 2 heterocycles. The molecular weight excluding hydrogens is 328 g/mol. The van der Waals surface area contributed by atoms with Crippen LogP contribution in [-0.4, -0.2) is 48.9 Å². The molecule has 0 bridgehead atoms. The van der Waals surface area contributed by atoms with E-state index in [1.54, 1.807) is 0 Å². The van der Waals surface area contributed by atoms with Crippen molar-refractivity contribution in [3.63, 3.8) is 0 Å². The molecule has 1 amide bonds. The number of hydrogen-bond acceptors (Lipinski definition) is 4. The van der Waals surface area contributed by atoms with E-state index in [1.807, 2.05) is 43.9 Å². The van der Waals surface area contributed by atoms with E-state index in [0.29, 0.717) is 18.2 Å². The van der Waals surface area contributed by atoms with Crippen molar-refractivity contribution in [2.24, 2.45) is 5.92 Å². The van der Waals surface area contributed by atoms with E-state index in [1.165, 1.54) is 6.42 Å². The molecule has 2 fully saturated rings. The van der Waals surface area contributed by atoms with Crippen molar-refractivity contribution in [1.82, 2.24) is 10.2 Å². The Hall–Kier alpha value is -1.59. The van der Waals surface area contributed by atoms with Crippen molar-refractivity contribution in [2.45, 2.75) is 58.7 Å². The number of rotatable bonds is 4. The summed E-state index contributed by atoms with van der Waals surface area (Å²) in [7, 11) is 0. The molecule has 1 N–H and O–H groups in total. The maximum absolute atomic E-state index is 12.9. The van der Waals surface area contributed by atoms with Crippen LogP contribution in [0.2, 0.25) is 0 Å². The first kappa shape index (κ1) is 19.2. The fourth-order valence-electron chi connectivity index (χ4n) is 3.97. The van der Waals surface area contributed by atoms with E-state index < -0.39 is 0 Å². The van der Waals surface area contributed by atoms with Gasteiger partial charge in [0, 0.05) is 18.7 Å². The molecule has 2 aliphatic heterocycles. The smallest absolute Gasteiger partial charge is 0.255 e. The van der Waals surface area contributed by atoms with Gasteiger partial charge in [-0.25, -0.2) is 0 Å². The number of benzene rings is 1. The lowest BCUT2D eigenvalue weighted by Gasteiger charge is -2.46. The molecule has 2 aliphatic rings. The van der Waals surface area contributed by atoms with Crippen molar-refractivity contribution in [3.8, 4) is 5.75 Å². The van der Waals surface area contributed by atoms with Gasteiger partial charge in [-0.05, 0) is 69.8 Å². The van der Waals surface area contributed by atoms with Crippen molar-refractivity contribution in [2.75, 3.05) is 26.4 Å². The van der Waals surface area contributed by atoms with Crippen LogP contribution < -0.4 is 10.1 Å². The zero-order valence-electron chi connectivity index (χ0n) is 16.5. The lowest BCUT2D eigenvalue weighted by atomic mass is 9.82. The first-order valence-corrected chi connectivity index (χ1v) is 9.84. The van der Waals surface area contributed by atoms with E-state index in [0.717, 1.165) is 43.8 Å². The van der Waals surface area contributed by atoms with Gasteiger partial charge in [-0.3, -0.25) is 4.79 Å². The summed E-state index contributed by atoms with van der Waals surface area (Å²) in [5.41, 5.74) is 1.59. The van der Waals surface area contributed by atoms with Gasteiger partial charge in [0.2, 0.25) is 0 Å². The third kappa shape index (κ3) is 4.21. The zero-order valence-corrected chi connectivity index (χ0v) is 16.5. The molecule has 3 rings (SSSR count). The van der Waals surface area contributed by atoms with Crippen LogP contribution in [0.25, 0.3) is 0 Å². The molecule has 1 aromatic rings. The SMILES string of the molecule is CCC1CNCC2(CCN(C(=O)c3ccc(OC(C)C)c(C)c3)CO2)C1. The molecular formula is C21H32N2O3. The highest BCUT2D eigenvalue weighted by Gasteiger charge is 2.40.